The number of carbonyl (C=O) groups is 1. The smallest absolute Gasteiger partial charge is 0.358 e. The highest BCUT2D eigenvalue weighted by molar-refractivity contribution is 7.15. The van der Waals surface area contributed by atoms with Crippen molar-refractivity contribution in [2.45, 2.75) is 20.4 Å². The lowest BCUT2D eigenvalue weighted by molar-refractivity contribution is 0.0689. The number of carboxylic acids is 1. The molecule has 0 aliphatic carbocycles. The van der Waals surface area contributed by atoms with Crippen molar-refractivity contribution in [2.24, 2.45) is 0 Å². The van der Waals surface area contributed by atoms with Crippen molar-refractivity contribution in [3.05, 3.63) is 44.6 Å². The number of aromatic carboxylic acids is 1. The molecule has 0 amide bonds. The van der Waals surface area contributed by atoms with Crippen molar-refractivity contribution in [3.63, 3.8) is 0 Å². The van der Waals surface area contributed by atoms with Crippen molar-refractivity contribution >= 4 is 22.3 Å². The van der Waals surface area contributed by atoms with Crippen LogP contribution in [-0.2, 0) is 6.54 Å². The van der Waals surface area contributed by atoms with Gasteiger partial charge in [-0.25, -0.2) is 14.5 Å². The lowest BCUT2D eigenvalue weighted by Crippen LogP contribution is -2.17. The fourth-order valence-electron chi connectivity index (χ4n) is 2.04. The average molecular weight is 305 g/mol. The van der Waals surface area contributed by atoms with E-state index in [1.165, 1.54) is 26.5 Å². The molecule has 0 saturated carbocycles. The van der Waals surface area contributed by atoms with Crippen LogP contribution in [0.2, 0.25) is 0 Å². The van der Waals surface area contributed by atoms with Gasteiger partial charge in [0.05, 0.1) is 17.9 Å². The number of rotatable bonds is 3. The van der Waals surface area contributed by atoms with Crippen LogP contribution in [0.4, 0.5) is 0 Å². The monoisotopic (exact) mass is 305 g/mol. The molecule has 9 heteroatoms. The highest BCUT2D eigenvalue weighted by atomic mass is 32.1. The summed E-state index contributed by atoms with van der Waals surface area (Å²) in [5.41, 5.74) is 1.52. The predicted octanol–water partition coefficient (Wildman–Crippen LogP) is 0.711. The zero-order valence-corrected chi connectivity index (χ0v) is 12.1. The van der Waals surface area contributed by atoms with Crippen molar-refractivity contribution in [3.8, 4) is 0 Å². The van der Waals surface area contributed by atoms with E-state index in [0.29, 0.717) is 16.3 Å². The minimum atomic E-state index is -1.13. The van der Waals surface area contributed by atoms with Gasteiger partial charge in [0.25, 0.3) is 5.56 Å². The largest absolute Gasteiger partial charge is 0.476 e. The van der Waals surface area contributed by atoms with Gasteiger partial charge in [-0.2, -0.15) is 0 Å². The van der Waals surface area contributed by atoms with Gasteiger partial charge in [-0.3, -0.25) is 9.20 Å². The molecule has 1 N–H and O–H groups in total. The Bertz CT molecular complexity index is 907. The van der Waals surface area contributed by atoms with Crippen LogP contribution in [-0.4, -0.2) is 35.5 Å². The maximum Gasteiger partial charge on any atom is 0.358 e. The summed E-state index contributed by atoms with van der Waals surface area (Å²) in [6, 6.07) is 1.42. The molecule has 3 aromatic heterocycles. The molecule has 0 aliphatic heterocycles. The third-order valence-corrected chi connectivity index (χ3v) is 4.07. The van der Waals surface area contributed by atoms with Gasteiger partial charge in [-0.05, 0) is 13.8 Å². The van der Waals surface area contributed by atoms with E-state index >= 15 is 0 Å². The summed E-state index contributed by atoms with van der Waals surface area (Å²) in [5, 5.41) is 18.2. The zero-order valence-electron chi connectivity index (χ0n) is 11.3. The molecule has 0 aromatic carbocycles. The molecule has 0 bridgehead atoms. The van der Waals surface area contributed by atoms with Crippen LogP contribution >= 0.6 is 11.3 Å². The van der Waals surface area contributed by atoms with E-state index < -0.39 is 5.97 Å². The lowest BCUT2D eigenvalue weighted by atomic mass is 10.3. The van der Waals surface area contributed by atoms with Crippen molar-refractivity contribution < 1.29 is 9.90 Å². The quantitative estimate of drug-likeness (QED) is 0.764. The van der Waals surface area contributed by atoms with Gasteiger partial charge in [0.2, 0.25) is 0 Å². The van der Waals surface area contributed by atoms with Gasteiger partial charge < -0.3 is 5.11 Å². The van der Waals surface area contributed by atoms with E-state index in [9.17, 15) is 9.59 Å². The van der Waals surface area contributed by atoms with Crippen LogP contribution in [0.25, 0.3) is 4.96 Å². The van der Waals surface area contributed by atoms with Gasteiger partial charge in [-0.15, -0.1) is 16.4 Å². The first-order chi connectivity index (χ1) is 9.97. The number of carboxylic acid groups (broad SMARTS) is 1. The van der Waals surface area contributed by atoms with Crippen LogP contribution < -0.4 is 5.56 Å². The number of hydrogen-bond donors (Lipinski definition) is 1. The molecule has 0 atom stereocenters. The van der Waals surface area contributed by atoms with E-state index in [2.05, 4.69) is 15.3 Å². The predicted molar refractivity (Wildman–Crippen MR) is 74.9 cm³/mol. The third kappa shape index (κ3) is 2.21. The summed E-state index contributed by atoms with van der Waals surface area (Å²) in [6.45, 7) is 3.66. The Hall–Kier alpha value is -2.55. The Morgan fingerprint density at radius 3 is 2.86 bits per heavy atom. The van der Waals surface area contributed by atoms with E-state index in [1.54, 1.807) is 6.92 Å². The number of thiazole rings is 1. The Morgan fingerprint density at radius 2 is 2.19 bits per heavy atom. The third-order valence-electron chi connectivity index (χ3n) is 3.13. The minimum absolute atomic E-state index is 0.0974. The van der Waals surface area contributed by atoms with Crippen LogP contribution in [0.15, 0.2) is 16.2 Å². The first-order valence-corrected chi connectivity index (χ1v) is 6.95. The molecule has 8 nitrogen and oxygen atoms in total. The molecule has 108 valence electrons. The highest BCUT2D eigenvalue weighted by Gasteiger charge is 2.16. The number of aromatic nitrogens is 5. The van der Waals surface area contributed by atoms with Gasteiger partial charge in [0.1, 0.15) is 0 Å². The topological polar surface area (TPSA) is 102 Å². The zero-order chi connectivity index (χ0) is 15.1. The first-order valence-electron chi connectivity index (χ1n) is 6.07. The van der Waals surface area contributed by atoms with E-state index in [4.69, 9.17) is 5.11 Å². The standard InChI is InChI=1S/C12H11N5O3S/c1-6-5-21-12-13-8(3-9(18)17(6)12)4-16-7(2)10(11(19)20)14-15-16/h3,5H,4H2,1-2H3,(H,19,20). The molecule has 3 heterocycles. The SMILES string of the molecule is Cc1c(C(=O)O)nnn1Cc1cc(=O)n2c(C)csc2n1. The summed E-state index contributed by atoms with van der Waals surface area (Å²) >= 11 is 1.38. The molecular weight excluding hydrogens is 294 g/mol. The number of aryl methyl sites for hydroxylation is 1. The Kier molecular flexibility index (Phi) is 3.05. The normalized spacial score (nSPS) is 11.1. The maximum absolute atomic E-state index is 12.1. The molecule has 0 aliphatic rings. The summed E-state index contributed by atoms with van der Waals surface area (Å²) in [5.74, 6) is -1.13. The lowest BCUT2D eigenvalue weighted by Gasteiger charge is -2.03. The fourth-order valence-corrected chi connectivity index (χ4v) is 2.93. The van der Waals surface area contributed by atoms with Gasteiger partial charge in [0.15, 0.2) is 10.7 Å². The Morgan fingerprint density at radius 1 is 1.43 bits per heavy atom. The molecule has 0 radical (unpaired) electrons. The van der Waals surface area contributed by atoms with Crippen LogP contribution in [0, 0.1) is 13.8 Å². The molecule has 21 heavy (non-hydrogen) atoms. The molecule has 3 aromatic rings. The molecule has 0 spiro atoms. The average Bonchev–Trinajstić information content (AvgIpc) is 2.95. The second-order valence-corrected chi connectivity index (χ2v) is 5.40. The van der Waals surface area contributed by atoms with Crippen molar-refractivity contribution in [1.29, 1.82) is 0 Å². The number of hydrogen-bond acceptors (Lipinski definition) is 6. The highest BCUT2D eigenvalue weighted by Crippen LogP contribution is 2.12. The fraction of sp³-hybridized carbons (Fsp3) is 0.250. The molecule has 0 fully saturated rings. The number of fused-ring (bicyclic) bond motifs is 1. The van der Waals surface area contributed by atoms with Crippen LogP contribution in [0.3, 0.4) is 0 Å². The van der Waals surface area contributed by atoms with Gasteiger partial charge in [-0.1, -0.05) is 5.21 Å². The van der Waals surface area contributed by atoms with E-state index in [0.717, 1.165) is 5.69 Å². The second kappa shape index (κ2) is 4.77. The molecular formula is C12H11N5O3S. The Balaban J connectivity index is 2.02. The van der Waals surface area contributed by atoms with Crippen LogP contribution in [0.1, 0.15) is 27.6 Å². The first kappa shape index (κ1) is 13.4. The second-order valence-electron chi connectivity index (χ2n) is 4.57. The van der Waals surface area contributed by atoms with Crippen molar-refractivity contribution in [2.75, 3.05) is 0 Å². The number of nitrogens with zero attached hydrogens (tertiary/aromatic N) is 5. The summed E-state index contributed by atoms with van der Waals surface area (Å²) in [7, 11) is 0. The molecule has 0 saturated heterocycles. The van der Waals surface area contributed by atoms with Gasteiger partial charge in [0, 0.05) is 17.1 Å². The van der Waals surface area contributed by atoms with E-state index in [1.807, 2.05) is 12.3 Å². The molecule has 3 rings (SSSR count). The van der Waals surface area contributed by atoms with Gasteiger partial charge >= 0.3 is 5.97 Å². The van der Waals surface area contributed by atoms with Crippen LogP contribution in [0.5, 0.6) is 0 Å². The summed E-state index contributed by atoms with van der Waals surface area (Å²) in [6.07, 6.45) is 0. The van der Waals surface area contributed by atoms with E-state index in [-0.39, 0.29) is 17.8 Å². The van der Waals surface area contributed by atoms with Crippen molar-refractivity contribution in [1.82, 2.24) is 24.4 Å². The summed E-state index contributed by atoms with van der Waals surface area (Å²) in [4.78, 5) is 28.0. The molecule has 0 unspecified atom stereocenters. The Labute approximate surface area is 122 Å². The maximum atomic E-state index is 12.1. The summed E-state index contributed by atoms with van der Waals surface area (Å²) < 4.78 is 2.95. The minimum Gasteiger partial charge on any atom is -0.476 e.